The second-order valence-electron chi connectivity index (χ2n) is 12.4. The number of likely N-dealkylation sites (N-methyl/N-ethyl adjacent to an activating group) is 1. The predicted octanol–water partition coefficient (Wildman–Crippen LogP) is 7.15. The minimum absolute atomic E-state index is 0.00755. The number of sulfone groups is 1. The van der Waals surface area contributed by atoms with Crippen LogP contribution in [-0.2, 0) is 14.6 Å². The molecule has 4 rings (SSSR count). The van der Waals surface area contributed by atoms with Gasteiger partial charge in [-0.15, -0.1) is 0 Å². The maximum Gasteiger partial charge on any atom is 0.229 e. The van der Waals surface area contributed by atoms with Gasteiger partial charge in [-0.2, -0.15) is 4.98 Å². The number of nitrogens with one attached hydrogen (secondary N) is 2. The van der Waals surface area contributed by atoms with E-state index in [4.69, 9.17) is 14.5 Å². The number of hydrogen-bond donors (Lipinski definition) is 2. The monoisotopic (exact) mass is 623 g/mol. The lowest BCUT2D eigenvalue weighted by Crippen LogP contribution is -2.36. The molecule has 0 spiro atoms. The summed E-state index contributed by atoms with van der Waals surface area (Å²) in [6.07, 6.45) is 6.33. The normalized spacial score (nSPS) is 17.3. The van der Waals surface area contributed by atoms with Gasteiger partial charge in [0.05, 0.1) is 34.2 Å². The largest absolute Gasteiger partial charge is 0.489 e. The van der Waals surface area contributed by atoms with Crippen molar-refractivity contribution in [3.63, 3.8) is 0 Å². The summed E-state index contributed by atoms with van der Waals surface area (Å²) in [6.45, 7) is 13.2. The molecule has 10 heteroatoms. The van der Waals surface area contributed by atoms with Crippen molar-refractivity contribution in [3.8, 4) is 5.75 Å². The van der Waals surface area contributed by atoms with E-state index in [1.165, 1.54) is 24.0 Å². The van der Waals surface area contributed by atoms with Crippen LogP contribution in [0, 0.1) is 13.8 Å². The van der Waals surface area contributed by atoms with Crippen LogP contribution in [0.15, 0.2) is 47.5 Å². The van der Waals surface area contributed by atoms with Gasteiger partial charge in [-0.1, -0.05) is 12.1 Å². The highest BCUT2D eigenvalue weighted by Crippen LogP contribution is 2.40. The summed E-state index contributed by atoms with van der Waals surface area (Å²) in [5, 5.41) is 6.09. The van der Waals surface area contributed by atoms with Crippen molar-refractivity contribution in [2.75, 3.05) is 37.9 Å². The van der Waals surface area contributed by atoms with E-state index >= 15 is 0 Å². The van der Waals surface area contributed by atoms with Crippen molar-refractivity contribution in [1.29, 1.82) is 0 Å². The Hall–Kier alpha value is -3.21. The predicted molar refractivity (Wildman–Crippen MR) is 179 cm³/mol. The van der Waals surface area contributed by atoms with E-state index in [2.05, 4.69) is 46.6 Å². The fourth-order valence-electron chi connectivity index (χ4n) is 5.79. The molecule has 2 aromatic carbocycles. The summed E-state index contributed by atoms with van der Waals surface area (Å²) in [6, 6.07) is 11.8. The number of rotatable bonds is 13. The number of methoxy groups -OCH3 is 1. The fraction of sp³-hybridized carbons (Fsp3) is 0.529. The van der Waals surface area contributed by atoms with Gasteiger partial charge in [0.15, 0.2) is 9.84 Å². The first-order valence-corrected chi connectivity index (χ1v) is 17.2. The van der Waals surface area contributed by atoms with Crippen LogP contribution in [0.5, 0.6) is 5.75 Å². The molecule has 1 aliphatic carbocycles. The smallest absolute Gasteiger partial charge is 0.229 e. The van der Waals surface area contributed by atoms with Gasteiger partial charge in [-0.25, -0.2) is 13.4 Å². The Bertz CT molecular complexity index is 1520. The first-order valence-electron chi connectivity index (χ1n) is 15.6. The minimum atomic E-state index is -3.49. The highest BCUT2D eigenvalue weighted by Gasteiger charge is 2.27. The van der Waals surface area contributed by atoms with Crippen LogP contribution < -0.4 is 15.4 Å². The third kappa shape index (κ3) is 8.08. The fourth-order valence-corrected chi connectivity index (χ4v) is 6.99. The van der Waals surface area contributed by atoms with Crippen LogP contribution in [0.4, 0.5) is 23.1 Å². The molecular weight excluding hydrogens is 574 g/mol. The standard InChI is InChI=1S/C34H49N5O4S/c1-22(2)43-31-20-28(26-13-15-27(16-14-26)39(7)17-18-42-8)24(5)19-30(31)37-34-35-21-25(6)33(38-34)36-29-11-9-10-12-32(29)44(40,41)23(3)4/h9-12,19-23,26-27H,13-18H2,1-8H3,(H2,35,36,37,38). The van der Waals surface area contributed by atoms with Crippen molar-refractivity contribution < 1.29 is 17.9 Å². The zero-order valence-electron chi connectivity index (χ0n) is 27.5. The average Bonchev–Trinajstić information content (AvgIpc) is 2.99. The Morgan fingerprint density at radius 1 is 0.977 bits per heavy atom. The molecule has 1 heterocycles. The number of benzene rings is 2. The molecule has 0 radical (unpaired) electrons. The topological polar surface area (TPSA) is 106 Å². The van der Waals surface area contributed by atoms with Gasteiger partial charge in [-0.05, 0) is 116 Å². The third-order valence-electron chi connectivity index (χ3n) is 8.42. The van der Waals surface area contributed by atoms with Crippen LogP contribution >= 0.6 is 0 Å². The minimum Gasteiger partial charge on any atom is -0.489 e. The summed E-state index contributed by atoms with van der Waals surface area (Å²) in [7, 11) is 0.464. The zero-order valence-corrected chi connectivity index (χ0v) is 28.3. The van der Waals surface area contributed by atoms with Crippen LogP contribution in [0.25, 0.3) is 0 Å². The molecule has 2 N–H and O–H groups in total. The summed E-state index contributed by atoms with van der Waals surface area (Å²) in [5.74, 6) is 2.18. The molecule has 1 fully saturated rings. The average molecular weight is 624 g/mol. The second-order valence-corrected chi connectivity index (χ2v) is 14.9. The Morgan fingerprint density at radius 2 is 1.68 bits per heavy atom. The highest BCUT2D eigenvalue weighted by atomic mass is 32.2. The highest BCUT2D eigenvalue weighted by molar-refractivity contribution is 7.92. The summed E-state index contributed by atoms with van der Waals surface area (Å²) in [5.41, 5.74) is 4.61. The maximum absolute atomic E-state index is 13.0. The van der Waals surface area contributed by atoms with Crippen LogP contribution in [-0.4, -0.2) is 68.0 Å². The Labute approximate surface area is 263 Å². The lowest BCUT2D eigenvalue weighted by Gasteiger charge is -2.35. The molecule has 9 nitrogen and oxygen atoms in total. The van der Waals surface area contributed by atoms with E-state index in [1.54, 1.807) is 45.4 Å². The summed E-state index contributed by atoms with van der Waals surface area (Å²) < 4.78 is 37.6. The van der Waals surface area contributed by atoms with Gasteiger partial charge in [0.2, 0.25) is 5.95 Å². The Kier molecular flexibility index (Phi) is 11.3. The lowest BCUT2D eigenvalue weighted by atomic mass is 9.79. The summed E-state index contributed by atoms with van der Waals surface area (Å²) in [4.78, 5) is 12.0. The number of anilines is 4. The number of aromatic nitrogens is 2. The van der Waals surface area contributed by atoms with Gasteiger partial charge in [0.1, 0.15) is 11.6 Å². The van der Waals surface area contributed by atoms with Crippen molar-refractivity contribution in [1.82, 2.24) is 14.9 Å². The van der Waals surface area contributed by atoms with E-state index in [9.17, 15) is 8.42 Å². The van der Waals surface area contributed by atoms with Crippen molar-refractivity contribution in [3.05, 3.63) is 59.3 Å². The molecule has 0 bridgehead atoms. The van der Waals surface area contributed by atoms with Gasteiger partial charge in [0.25, 0.3) is 0 Å². The molecular formula is C34H49N5O4S. The molecule has 0 saturated heterocycles. The Balaban J connectivity index is 1.58. The molecule has 3 aromatic rings. The number of hydrogen-bond acceptors (Lipinski definition) is 9. The van der Waals surface area contributed by atoms with Gasteiger partial charge < -0.3 is 25.0 Å². The third-order valence-corrected chi connectivity index (χ3v) is 10.6. The van der Waals surface area contributed by atoms with Gasteiger partial charge in [0, 0.05) is 31.5 Å². The van der Waals surface area contributed by atoms with Gasteiger partial charge >= 0.3 is 0 Å². The molecule has 1 aliphatic rings. The van der Waals surface area contributed by atoms with Crippen LogP contribution in [0.2, 0.25) is 0 Å². The molecule has 0 aliphatic heterocycles. The molecule has 1 saturated carbocycles. The molecule has 0 unspecified atom stereocenters. The molecule has 0 amide bonds. The molecule has 1 aromatic heterocycles. The van der Waals surface area contributed by atoms with Crippen LogP contribution in [0.3, 0.4) is 0 Å². The van der Waals surface area contributed by atoms with Crippen molar-refractivity contribution in [2.24, 2.45) is 0 Å². The first-order chi connectivity index (χ1) is 20.9. The first kappa shape index (κ1) is 33.7. The number of nitrogens with zero attached hydrogens (tertiary/aromatic N) is 3. The molecule has 44 heavy (non-hydrogen) atoms. The number of aryl methyl sites for hydroxylation is 2. The van der Waals surface area contributed by atoms with E-state index in [0.29, 0.717) is 29.4 Å². The molecule has 240 valence electrons. The van der Waals surface area contributed by atoms with E-state index in [0.717, 1.165) is 43.0 Å². The van der Waals surface area contributed by atoms with E-state index in [1.807, 2.05) is 26.8 Å². The van der Waals surface area contributed by atoms with Crippen molar-refractivity contribution in [2.45, 2.75) is 95.4 Å². The SMILES string of the molecule is COCCN(C)C1CCC(c2cc(OC(C)C)c(Nc3ncc(C)c(Nc4ccccc4S(=O)(=O)C(C)C)n3)cc2C)CC1. The molecule has 0 atom stereocenters. The van der Waals surface area contributed by atoms with E-state index < -0.39 is 15.1 Å². The zero-order chi connectivity index (χ0) is 32.0. The van der Waals surface area contributed by atoms with Crippen LogP contribution in [0.1, 0.15) is 76.0 Å². The lowest BCUT2D eigenvalue weighted by molar-refractivity contribution is 0.119. The van der Waals surface area contributed by atoms with E-state index in [-0.39, 0.29) is 11.0 Å². The number of ether oxygens (including phenoxy) is 2. The van der Waals surface area contributed by atoms with Gasteiger partial charge in [-0.3, -0.25) is 0 Å². The Morgan fingerprint density at radius 3 is 2.34 bits per heavy atom. The number of para-hydroxylation sites is 1. The quantitative estimate of drug-likeness (QED) is 0.205. The summed E-state index contributed by atoms with van der Waals surface area (Å²) >= 11 is 0. The maximum atomic E-state index is 13.0. The second kappa shape index (κ2) is 14.7. The van der Waals surface area contributed by atoms with Crippen molar-refractivity contribution >= 4 is 33.0 Å².